The first-order valence-electron chi connectivity index (χ1n) is 15.2. The normalized spacial score (nSPS) is 12.8. The van der Waals surface area contributed by atoms with E-state index in [-0.39, 0.29) is 31.1 Å². The fourth-order valence-corrected chi connectivity index (χ4v) is 3.94. The molecule has 0 N–H and O–H groups in total. The number of hydrogen-bond acceptors (Lipinski definition) is 8. The van der Waals surface area contributed by atoms with Crippen molar-refractivity contribution < 1.29 is 38.1 Å². The van der Waals surface area contributed by atoms with Crippen LogP contribution in [0.2, 0.25) is 0 Å². The van der Waals surface area contributed by atoms with Crippen molar-refractivity contribution in [3.05, 3.63) is 12.2 Å². The minimum absolute atomic E-state index is 0.0506. The molecule has 0 rings (SSSR count). The van der Waals surface area contributed by atoms with E-state index < -0.39 is 16.8 Å². The molecule has 0 amide bonds. The lowest BCUT2D eigenvalue weighted by Gasteiger charge is -2.30. The molecule has 232 valence electrons. The summed E-state index contributed by atoms with van der Waals surface area (Å²) < 4.78 is 20.9. The molecular weight excluding hydrogens is 512 g/mol. The number of esters is 4. The van der Waals surface area contributed by atoms with Gasteiger partial charge in [0.15, 0.2) is 0 Å². The molecule has 0 heterocycles. The maximum Gasteiger partial charge on any atom is 0.333 e. The van der Waals surface area contributed by atoms with E-state index in [2.05, 4.69) is 6.58 Å². The van der Waals surface area contributed by atoms with Gasteiger partial charge in [0.1, 0.15) is 13.2 Å². The van der Waals surface area contributed by atoms with Crippen molar-refractivity contribution in [3.8, 4) is 0 Å². The van der Waals surface area contributed by atoms with Gasteiger partial charge in [-0.1, -0.05) is 65.4 Å². The molecule has 0 bridgehead atoms. The molecule has 1 unspecified atom stereocenters. The van der Waals surface area contributed by atoms with Gasteiger partial charge in [0, 0.05) is 12.0 Å². The smallest absolute Gasteiger partial charge is 0.333 e. The number of rotatable bonds is 24. The van der Waals surface area contributed by atoms with Crippen LogP contribution < -0.4 is 0 Å². The molecule has 0 aromatic carbocycles. The summed E-state index contributed by atoms with van der Waals surface area (Å²) in [7, 11) is 0. The number of carbonyl (C=O) groups excluding carboxylic acids is 4. The van der Waals surface area contributed by atoms with Crippen LogP contribution in [0.3, 0.4) is 0 Å². The molecule has 0 fully saturated rings. The van der Waals surface area contributed by atoms with E-state index in [1.807, 2.05) is 34.6 Å². The third kappa shape index (κ3) is 17.3. The topological polar surface area (TPSA) is 105 Å². The van der Waals surface area contributed by atoms with Crippen molar-refractivity contribution >= 4 is 23.9 Å². The van der Waals surface area contributed by atoms with E-state index in [1.165, 1.54) is 0 Å². The maximum atomic E-state index is 12.6. The second kappa shape index (κ2) is 21.4. The van der Waals surface area contributed by atoms with Crippen molar-refractivity contribution in [2.45, 2.75) is 131 Å². The van der Waals surface area contributed by atoms with Gasteiger partial charge in [-0.2, -0.15) is 0 Å². The Morgan fingerprint density at radius 3 is 1.70 bits per heavy atom. The molecule has 0 aromatic rings. The van der Waals surface area contributed by atoms with Crippen LogP contribution in [0.25, 0.3) is 0 Å². The Kier molecular flexibility index (Phi) is 20.1. The third-order valence-corrected chi connectivity index (χ3v) is 7.25. The molecule has 0 radical (unpaired) electrons. The third-order valence-electron chi connectivity index (χ3n) is 7.25. The Balaban J connectivity index is 3.81. The van der Waals surface area contributed by atoms with E-state index in [9.17, 15) is 19.2 Å². The summed E-state index contributed by atoms with van der Waals surface area (Å²) in [5.41, 5.74) is -0.900. The Morgan fingerprint density at radius 2 is 1.15 bits per heavy atom. The van der Waals surface area contributed by atoms with Crippen LogP contribution in [0.1, 0.15) is 131 Å². The second-order valence-electron chi connectivity index (χ2n) is 11.6. The summed E-state index contributed by atoms with van der Waals surface area (Å²) in [6.45, 7) is 15.7. The highest BCUT2D eigenvalue weighted by Crippen LogP contribution is 2.35. The first-order valence-corrected chi connectivity index (χ1v) is 15.2. The van der Waals surface area contributed by atoms with Gasteiger partial charge < -0.3 is 18.9 Å². The number of hydrogen-bond donors (Lipinski definition) is 0. The molecule has 8 nitrogen and oxygen atoms in total. The molecule has 0 aliphatic carbocycles. The second-order valence-corrected chi connectivity index (χ2v) is 11.6. The lowest BCUT2D eigenvalue weighted by atomic mass is 9.76. The Hall–Kier alpha value is -2.38. The number of ether oxygens (including phenoxy) is 4. The molecule has 0 aliphatic rings. The van der Waals surface area contributed by atoms with Crippen LogP contribution in [0, 0.1) is 10.8 Å². The fraction of sp³-hybridized carbons (Fsp3) is 0.812. The molecule has 8 heteroatoms. The maximum absolute atomic E-state index is 12.6. The van der Waals surface area contributed by atoms with E-state index in [1.54, 1.807) is 6.92 Å². The van der Waals surface area contributed by atoms with E-state index >= 15 is 0 Å². The van der Waals surface area contributed by atoms with Crippen LogP contribution in [-0.2, 0) is 38.1 Å². The van der Waals surface area contributed by atoms with Crippen LogP contribution in [-0.4, -0.2) is 50.3 Å². The van der Waals surface area contributed by atoms with Gasteiger partial charge in [-0.3, -0.25) is 14.4 Å². The minimum atomic E-state index is -0.641. The zero-order valence-electron chi connectivity index (χ0n) is 26.2. The summed E-state index contributed by atoms with van der Waals surface area (Å²) >= 11 is 0. The first kappa shape index (κ1) is 37.6. The fourth-order valence-electron chi connectivity index (χ4n) is 3.94. The Morgan fingerprint density at radius 1 is 0.625 bits per heavy atom. The highest BCUT2D eigenvalue weighted by atomic mass is 16.6. The SMILES string of the molecule is C=C(C)C(=O)OCCOC(=O)CCCCCCCCCCCOC(=O)C(C)(C)CCC(C)(CC)C(=O)OCCC. The predicted molar refractivity (Wildman–Crippen MR) is 157 cm³/mol. The number of unbranched alkanes of at least 4 members (excludes halogenated alkanes) is 8. The van der Waals surface area contributed by atoms with Gasteiger partial charge in [0.25, 0.3) is 0 Å². The predicted octanol–water partition coefficient (Wildman–Crippen LogP) is 7.27. The standard InChI is InChI=1S/C32H56O8/c1-8-22-39-30(36)32(7,9-2)21-20-31(5,6)29(35)40-23-18-16-14-12-10-11-13-15-17-19-27(33)37-24-25-38-28(34)26(3)4/h3,8-25H2,1-2,4-7H3. The van der Waals surface area contributed by atoms with E-state index in [4.69, 9.17) is 18.9 Å². The van der Waals surface area contributed by atoms with Crippen molar-refractivity contribution in [2.75, 3.05) is 26.4 Å². The van der Waals surface area contributed by atoms with E-state index in [0.29, 0.717) is 44.5 Å². The molecule has 0 aromatic heterocycles. The average molecular weight is 569 g/mol. The molecule has 40 heavy (non-hydrogen) atoms. The highest BCUT2D eigenvalue weighted by molar-refractivity contribution is 5.86. The molecular formula is C32H56O8. The lowest BCUT2D eigenvalue weighted by Crippen LogP contribution is -2.34. The van der Waals surface area contributed by atoms with Crippen molar-refractivity contribution in [1.82, 2.24) is 0 Å². The van der Waals surface area contributed by atoms with Crippen molar-refractivity contribution in [2.24, 2.45) is 10.8 Å². The van der Waals surface area contributed by atoms with Crippen LogP contribution >= 0.6 is 0 Å². The van der Waals surface area contributed by atoms with Gasteiger partial charge in [0.05, 0.1) is 24.0 Å². The van der Waals surface area contributed by atoms with Gasteiger partial charge in [0.2, 0.25) is 0 Å². The minimum Gasteiger partial charge on any atom is -0.465 e. The van der Waals surface area contributed by atoms with Crippen LogP contribution in [0.4, 0.5) is 0 Å². The number of carbonyl (C=O) groups is 4. The molecule has 0 saturated carbocycles. The van der Waals surface area contributed by atoms with Crippen molar-refractivity contribution in [3.63, 3.8) is 0 Å². The largest absolute Gasteiger partial charge is 0.465 e. The molecule has 0 aliphatic heterocycles. The summed E-state index contributed by atoms with van der Waals surface area (Å²) in [5, 5.41) is 0. The Labute approximate surface area is 242 Å². The monoisotopic (exact) mass is 568 g/mol. The summed E-state index contributed by atoms with van der Waals surface area (Å²) in [5.74, 6) is -1.13. The van der Waals surface area contributed by atoms with Gasteiger partial charge >= 0.3 is 23.9 Å². The van der Waals surface area contributed by atoms with Gasteiger partial charge in [-0.25, -0.2) is 4.79 Å². The zero-order valence-corrected chi connectivity index (χ0v) is 26.2. The van der Waals surface area contributed by atoms with E-state index in [0.717, 1.165) is 64.2 Å². The average Bonchev–Trinajstić information content (AvgIpc) is 2.92. The lowest BCUT2D eigenvalue weighted by molar-refractivity contribution is -0.159. The quantitative estimate of drug-likeness (QED) is 0.0518. The molecule has 1 atom stereocenters. The van der Waals surface area contributed by atoms with Crippen LogP contribution in [0.5, 0.6) is 0 Å². The van der Waals surface area contributed by atoms with Gasteiger partial charge in [-0.15, -0.1) is 0 Å². The summed E-state index contributed by atoms with van der Waals surface area (Å²) in [4.78, 5) is 48.0. The van der Waals surface area contributed by atoms with Crippen molar-refractivity contribution in [1.29, 1.82) is 0 Å². The Bertz CT molecular complexity index is 773. The molecule has 0 spiro atoms. The zero-order chi connectivity index (χ0) is 30.4. The summed E-state index contributed by atoms with van der Waals surface area (Å²) in [6, 6.07) is 0. The summed E-state index contributed by atoms with van der Waals surface area (Å²) in [6.07, 6.45) is 12.3. The molecule has 0 saturated heterocycles. The van der Waals surface area contributed by atoms with Crippen LogP contribution in [0.15, 0.2) is 12.2 Å². The highest BCUT2D eigenvalue weighted by Gasteiger charge is 2.37. The first-order chi connectivity index (χ1) is 18.9. The van der Waals surface area contributed by atoms with Gasteiger partial charge in [-0.05, 0) is 66.2 Å².